The van der Waals surface area contributed by atoms with Gasteiger partial charge < -0.3 is 5.73 Å². The summed E-state index contributed by atoms with van der Waals surface area (Å²) >= 11 is 0. The molecule has 2 N–H and O–H groups in total. The molecule has 1 aliphatic heterocycles. The fraction of sp³-hybridized carbons (Fsp3) is 0.556. The first kappa shape index (κ1) is 8.44. The molecule has 1 aromatic rings. The highest BCUT2D eigenvalue weighted by atomic mass is 15.2. The first-order chi connectivity index (χ1) is 6.09. The van der Waals surface area contributed by atoms with Crippen molar-refractivity contribution in [3.63, 3.8) is 0 Å². The zero-order chi connectivity index (χ0) is 9.59. The Bertz CT molecular complexity index is 348. The Balaban J connectivity index is 2.57. The molecular formula is C9H14N4. The van der Waals surface area contributed by atoms with Crippen LogP contribution >= 0.6 is 0 Å². The molecule has 70 valence electrons. The second kappa shape index (κ2) is 2.67. The number of anilines is 1. The molecule has 0 saturated carbocycles. The minimum atomic E-state index is 0.360. The van der Waals surface area contributed by atoms with E-state index < -0.39 is 0 Å². The molecule has 0 radical (unpaired) electrons. The molecule has 1 unspecified atom stereocenters. The maximum atomic E-state index is 5.82. The second-order valence-corrected chi connectivity index (χ2v) is 3.61. The molecule has 1 aliphatic rings. The van der Waals surface area contributed by atoms with Gasteiger partial charge in [0.05, 0.1) is 5.69 Å². The van der Waals surface area contributed by atoms with Gasteiger partial charge in [0.2, 0.25) is 0 Å². The Morgan fingerprint density at radius 3 is 2.85 bits per heavy atom. The molecule has 0 saturated heterocycles. The zero-order valence-corrected chi connectivity index (χ0v) is 8.20. The average Bonchev–Trinajstić information content (AvgIpc) is 2.32. The van der Waals surface area contributed by atoms with Crippen molar-refractivity contribution in [3.05, 3.63) is 17.1 Å². The molecule has 2 heterocycles. The van der Waals surface area contributed by atoms with Gasteiger partial charge in [0.15, 0.2) is 0 Å². The Kier molecular flexibility index (Phi) is 1.73. The summed E-state index contributed by atoms with van der Waals surface area (Å²) in [5, 5.41) is 0. The van der Waals surface area contributed by atoms with E-state index in [1.54, 1.807) is 0 Å². The standard InChI is InChI=1S/C9H14N4/c1-5-8-7(4-13(5)3)9(10)12-6(2)11-8/h5H,4H2,1-3H3,(H2,10,11,12). The molecule has 4 nitrogen and oxygen atoms in total. The minimum absolute atomic E-state index is 0.360. The first-order valence-corrected chi connectivity index (χ1v) is 4.42. The van der Waals surface area contributed by atoms with Crippen LogP contribution < -0.4 is 5.73 Å². The maximum absolute atomic E-state index is 5.82. The van der Waals surface area contributed by atoms with E-state index in [4.69, 9.17) is 5.73 Å². The Labute approximate surface area is 77.8 Å². The van der Waals surface area contributed by atoms with Crippen LogP contribution in [0.5, 0.6) is 0 Å². The van der Waals surface area contributed by atoms with E-state index in [0.29, 0.717) is 11.9 Å². The van der Waals surface area contributed by atoms with Crippen LogP contribution in [-0.4, -0.2) is 21.9 Å². The number of fused-ring (bicyclic) bond motifs is 1. The third-order valence-corrected chi connectivity index (χ3v) is 2.65. The topological polar surface area (TPSA) is 55.0 Å². The number of hydrogen-bond donors (Lipinski definition) is 1. The quantitative estimate of drug-likeness (QED) is 0.640. The highest BCUT2D eigenvalue weighted by Gasteiger charge is 2.27. The Morgan fingerprint density at radius 1 is 1.46 bits per heavy atom. The summed E-state index contributed by atoms with van der Waals surface area (Å²) in [5.74, 6) is 1.40. The van der Waals surface area contributed by atoms with Crippen LogP contribution in [0.2, 0.25) is 0 Å². The maximum Gasteiger partial charge on any atom is 0.131 e. The lowest BCUT2D eigenvalue weighted by molar-refractivity contribution is 0.283. The van der Waals surface area contributed by atoms with Crippen molar-refractivity contribution in [3.8, 4) is 0 Å². The number of nitrogen functional groups attached to an aromatic ring is 1. The lowest BCUT2D eigenvalue weighted by atomic mass is 10.2. The third kappa shape index (κ3) is 1.18. The van der Waals surface area contributed by atoms with Gasteiger partial charge >= 0.3 is 0 Å². The molecular weight excluding hydrogens is 164 g/mol. The van der Waals surface area contributed by atoms with Crippen LogP contribution in [0.3, 0.4) is 0 Å². The highest BCUT2D eigenvalue weighted by Crippen LogP contribution is 2.32. The van der Waals surface area contributed by atoms with Crippen LogP contribution in [0.15, 0.2) is 0 Å². The number of rotatable bonds is 0. The highest BCUT2D eigenvalue weighted by molar-refractivity contribution is 5.45. The van der Waals surface area contributed by atoms with Crippen molar-refractivity contribution in [1.29, 1.82) is 0 Å². The van der Waals surface area contributed by atoms with Crippen molar-refractivity contribution >= 4 is 5.82 Å². The summed E-state index contributed by atoms with van der Waals surface area (Å²) in [7, 11) is 2.07. The molecule has 0 amide bonds. The predicted octanol–water partition coefficient (Wildman–Crippen LogP) is 0.874. The molecule has 0 aliphatic carbocycles. The van der Waals surface area contributed by atoms with Gasteiger partial charge in [-0.1, -0.05) is 0 Å². The van der Waals surface area contributed by atoms with Gasteiger partial charge in [-0.05, 0) is 20.9 Å². The van der Waals surface area contributed by atoms with Gasteiger partial charge in [0, 0.05) is 18.2 Å². The van der Waals surface area contributed by atoms with Gasteiger partial charge in [-0.15, -0.1) is 0 Å². The van der Waals surface area contributed by atoms with Crippen molar-refractivity contribution in [2.45, 2.75) is 26.4 Å². The monoisotopic (exact) mass is 178 g/mol. The SMILES string of the molecule is Cc1nc(N)c2c(n1)C(C)N(C)C2. The fourth-order valence-electron chi connectivity index (χ4n) is 1.74. The van der Waals surface area contributed by atoms with Crippen LogP contribution in [-0.2, 0) is 6.54 Å². The summed E-state index contributed by atoms with van der Waals surface area (Å²) in [5.41, 5.74) is 8.01. The van der Waals surface area contributed by atoms with Crippen molar-refractivity contribution in [2.75, 3.05) is 12.8 Å². The number of hydrogen-bond acceptors (Lipinski definition) is 4. The van der Waals surface area contributed by atoms with Crippen LogP contribution in [0, 0.1) is 6.92 Å². The molecule has 2 rings (SSSR count). The second-order valence-electron chi connectivity index (χ2n) is 3.61. The lowest BCUT2D eigenvalue weighted by Crippen LogP contribution is -2.13. The number of nitrogens with zero attached hydrogens (tertiary/aromatic N) is 3. The number of aromatic nitrogens is 2. The van der Waals surface area contributed by atoms with E-state index in [2.05, 4.69) is 28.8 Å². The number of nitrogens with two attached hydrogens (primary N) is 1. The van der Waals surface area contributed by atoms with Crippen LogP contribution in [0.25, 0.3) is 0 Å². The lowest BCUT2D eigenvalue weighted by Gasteiger charge is -2.13. The van der Waals surface area contributed by atoms with Gasteiger partial charge in [-0.2, -0.15) is 0 Å². The third-order valence-electron chi connectivity index (χ3n) is 2.65. The first-order valence-electron chi connectivity index (χ1n) is 4.42. The fourth-order valence-corrected chi connectivity index (χ4v) is 1.74. The van der Waals surface area contributed by atoms with Crippen molar-refractivity contribution < 1.29 is 0 Å². The Morgan fingerprint density at radius 2 is 2.15 bits per heavy atom. The molecule has 0 spiro atoms. The van der Waals surface area contributed by atoms with Crippen LogP contribution in [0.4, 0.5) is 5.82 Å². The van der Waals surface area contributed by atoms with Gasteiger partial charge in [-0.3, -0.25) is 4.90 Å². The van der Waals surface area contributed by atoms with Gasteiger partial charge in [0.1, 0.15) is 11.6 Å². The van der Waals surface area contributed by atoms with Crippen LogP contribution in [0.1, 0.15) is 30.0 Å². The normalized spacial score (nSPS) is 21.9. The molecule has 1 atom stereocenters. The molecule has 13 heavy (non-hydrogen) atoms. The summed E-state index contributed by atoms with van der Waals surface area (Å²) in [6, 6.07) is 0.360. The van der Waals surface area contributed by atoms with E-state index in [1.165, 1.54) is 0 Å². The molecule has 0 fully saturated rings. The molecule has 1 aromatic heterocycles. The van der Waals surface area contributed by atoms with E-state index in [1.807, 2.05) is 6.92 Å². The minimum Gasteiger partial charge on any atom is -0.383 e. The largest absolute Gasteiger partial charge is 0.383 e. The Hall–Kier alpha value is -1.16. The van der Waals surface area contributed by atoms with E-state index >= 15 is 0 Å². The molecule has 0 bridgehead atoms. The number of aryl methyl sites for hydroxylation is 1. The zero-order valence-electron chi connectivity index (χ0n) is 8.20. The molecule has 0 aromatic carbocycles. The summed E-state index contributed by atoms with van der Waals surface area (Å²) < 4.78 is 0. The summed E-state index contributed by atoms with van der Waals surface area (Å²) in [6.45, 7) is 4.88. The summed E-state index contributed by atoms with van der Waals surface area (Å²) in [6.07, 6.45) is 0. The predicted molar refractivity (Wildman–Crippen MR) is 51.1 cm³/mol. The summed E-state index contributed by atoms with van der Waals surface area (Å²) in [4.78, 5) is 10.8. The van der Waals surface area contributed by atoms with Gasteiger partial charge in [0.25, 0.3) is 0 Å². The van der Waals surface area contributed by atoms with E-state index in [0.717, 1.165) is 23.6 Å². The van der Waals surface area contributed by atoms with Gasteiger partial charge in [-0.25, -0.2) is 9.97 Å². The smallest absolute Gasteiger partial charge is 0.131 e. The average molecular weight is 178 g/mol. The van der Waals surface area contributed by atoms with Crippen molar-refractivity contribution in [2.24, 2.45) is 0 Å². The molecule has 4 heteroatoms. The van der Waals surface area contributed by atoms with E-state index in [-0.39, 0.29) is 0 Å². The van der Waals surface area contributed by atoms with Crippen molar-refractivity contribution in [1.82, 2.24) is 14.9 Å². The van der Waals surface area contributed by atoms with E-state index in [9.17, 15) is 0 Å².